The van der Waals surface area contributed by atoms with E-state index in [-0.39, 0.29) is 16.8 Å². The van der Waals surface area contributed by atoms with Crippen molar-refractivity contribution in [1.82, 2.24) is 14.2 Å². The number of anilines is 1. The minimum atomic E-state index is -3.61. The van der Waals surface area contributed by atoms with Crippen LogP contribution in [0.2, 0.25) is 0 Å². The van der Waals surface area contributed by atoms with Gasteiger partial charge in [-0.25, -0.2) is 13.4 Å². The maximum atomic E-state index is 13.5. The summed E-state index contributed by atoms with van der Waals surface area (Å²) in [5.41, 5.74) is 3.56. The van der Waals surface area contributed by atoms with Gasteiger partial charge in [-0.2, -0.15) is 4.31 Å². The van der Waals surface area contributed by atoms with Gasteiger partial charge in [0.1, 0.15) is 0 Å². The molecular weight excluding hydrogens is 456 g/mol. The number of aryl methyl sites for hydroxylation is 2. The zero-order chi connectivity index (χ0) is 24.5. The van der Waals surface area contributed by atoms with Crippen molar-refractivity contribution in [2.24, 2.45) is 0 Å². The molecule has 2 aromatic carbocycles. The van der Waals surface area contributed by atoms with Gasteiger partial charge in [0.25, 0.3) is 5.91 Å². The fourth-order valence-electron chi connectivity index (χ4n) is 3.43. The van der Waals surface area contributed by atoms with Crippen LogP contribution in [-0.4, -0.2) is 68.8 Å². The summed E-state index contributed by atoms with van der Waals surface area (Å²) in [6, 6.07) is 10.2. The topological polar surface area (TPSA) is 73.8 Å². The van der Waals surface area contributed by atoms with Gasteiger partial charge < -0.3 is 4.90 Å². The summed E-state index contributed by atoms with van der Waals surface area (Å²) in [4.78, 5) is 22.1. The maximum Gasteiger partial charge on any atom is 0.260 e. The van der Waals surface area contributed by atoms with E-state index in [1.807, 2.05) is 46.7 Å². The molecular formula is C24H32N4O3S2. The van der Waals surface area contributed by atoms with Crippen molar-refractivity contribution in [3.05, 3.63) is 53.1 Å². The Kier molecular flexibility index (Phi) is 7.58. The lowest BCUT2D eigenvalue weighted by molar-refractivity contribution is 0.0985. The van der Waals surface area contributed by atoms with Crippen LogP contribution in [0.1, 0.15) is 35.3 Å². The zero-order valence-corrected chi connectivity index (χ0v) is 21.9. The monoisotopic (exact) mass is 488 g/mol. The highest BCUT2D eigenvalue weighted by Gasteiger charge is 2.25. The van der Waals surface area contributed by atoms with Gasteiger partial charge >= 0.3 is 0 Å². The van der Waals surface area contributed by atoms with Gasteiger partial charge in [-0.3, -0.25) is 9.69 Å². The molecule has 0 N–H and O–H groups in total. The van der Waals surface area contributed by atoms with Gasteiger partial charge in [-0.05, 0) is 83.2 Å². The lowest BCUT2D eigenvalue weighted by atomic mass is 10.1. The SMILES string of the molecule is Cc1cc(C)c2nc(N(CCN(C)C)C(=O)c3ccc(S(=O)(=O)N(C)C(C)C)cc3)sc2c1. The van der Waals surface area contributed by atoms with Crippen LogP contribution in [-0.2, 0) is 10.0 Å². The predicted octanol–water partition coefficient (Wildman–Crippen LogP) is 4.15. The Morgan fingerprint density at radius 1 is 1.03 bits per heavy atom. The number of amides is 1. The van der Waals surface area contributed by atoms with Crippen LogP contribution in [0, 0.1) is 13.8 Å². The van der Waals surface area contributed by atoms with Gasteiger partial charge in [-0.15, -0.1) is 0 Å². The Labute approximate surface area is 200 Å². The van der Waals surface area contributed by atoms with Crippen LogP contribution in [0.25, 0.3) is 10.2 Å². The Hall–Kier alpha value is -2.33. The van der Waals surface area contributed by atoms with E-state index in [2.05, 4.69) is 12.1 Å². The first-order valence-corrected chi connectivity index (χ1v) is 13.1. The normalized spacial score (nSPS) is 12.3. The number of hydrogen-bond acceptors (Lipinski definition) is 6. The van der Waals surface area contributed by atoms with Crippen LogP contribution in [0.3, 0.4) is 0 Å². The minimum Gasteiger partial charge on any atom is -0.308 e. The van der Waals surface area contributed by atoms with Crippen molar-refractivity contribution in [3.8, 4) is 0 Å². The Morgan fingerprint density at radius 3 is 2.24 bits per heavy atom. The molecule has 33 heavy (non-hydrogen) atoms. The van der Waals surface area contributed by atoms with Crippen molar-refractivity contribution < 1.29 is 13.2 Å². The molecule has 0 spiro atoms. The first kappa shape index (κ1) is 25.3. The molecule has 1 heterocycles. The fraction of sp³-hybridized carbons (Fsp3) is 0.417. The van der Waals surface area contributed by atoms with E-state index in [0.717, 1.165) is 21.3 Å². The second kappa shape index (κ2) is 9.89. The molecule has 0 unspecified atom stereocenters. The number of carbonyl (C=O) groups is 1. The third-order valence-corrected chi connectivity index (χ3v) is 8.64. The molecule has 0 bridgehead atoms. The van der Waals surface area contributed by atoms with E-state index in [9.17, 15) is 13.2 Å². The quantitative estimate of drug-likeness (QED) is 0.476. The summed E-state index contributed by atoms with van der Waals surface area (Å²) in [5, 5.41) is 0.641. The molecule has 0 aliphatic carbocycles. The summed E-state index contributed by atoms with van der Waals surface area (Å²) in [5.74, 6) is -0.202. The molecule has 1 aromatic heterocycles. The standard InChI is InChI=1S/C24H32N4O3S2/c1-16(2)27(7)33(30,31)20-10-8-19(9-11-20)23(29)28(13-12-26(5)6)24-25-22-18(4)14-17(3)15-21(22)32-24/h8-11,14-16H,12-13H2,1-7H3. The smallest absolute Gasteiger partial charge is 0.260 e. The second-order valence-corrected chi connectivity index (χ2v) is 11.8. The Morgan fingerprint density at radius 2 is 1.67 bits per heavy atom. The Balaban J connectivity index is 1.97. The first-order valence-electron chi connectivity index (χ1n) is 10.8. The fourth-order valence-corrected chi connectivity index (χ4v) is 5.96. The molecule has 0 aliphatic heterocycles. The summed E-state index contributed by atoms with van der Waals surface area (Å²) >= 11 is 1.50. The molecule has 7 nitrogen and oxygen atoms in total. The highest BCUT2D eigenvalue weighted by molar-refractivity contribution is 7.89. The highest BCUT2D eigenvalue weighted by Crippen LogP contribution is 2.32. The van der Waals surface area contributed by atoms with E-state index < -0.39 is 10.0 Å². The maximum absolute atomic E-state index is 13.5. The van der Waals surface area contributed by atoms with Gasteiger partial charge in [0.15, 0.2) is 5.13 Å². The molecule has 178 valence electrons. The van der Waals surface area contributed by atoms with Crippen LogP contribution in [0.5, 0.6) is 0 Å². The zero-order valence-electron chi connectivity index (χ0n) is 20.3. The number of hydrogen-bond donors (Lipinski definition) is 0. The van der Waals surface area contributed by atoms with Gasteiger partial charge in [0, 0.05) is 31.7 Å². The van der Waals surface area contributed by atoms with Crippen molar-refractivity contribution in [3.63, 3.8) is 0 Å². The number of aromatic nitrogens is 1. The van der Waals surface area contributed by atoms with Crippen molar-refractivity contribution in [2.45, 2.75) is 38.6 Å². The van der Waals surface area contributed by atoms with Crippen LogP contribution >= 0.6 is 11.3 Å². The number of rotatable bonds is 8. The van der Waals surface area contributed by atoms with Gasteiger partial charge in [0.2, 0.25) is 10.0 Å². The molecule has 3 rings (SSSR count). The average Bonchev–Trinajstić information content (AvgIpc) is 3.17. The number of nitrogens with zero attached hydrogens (tertiary/aromatic N) is 4. The minimum absolute atomic E-state index is 0.163. The molecule has 0 fully saturated rings. The summed E-state index contributed by atoms with van der Waals surface area (Å²) in [6.07, 6.45) is 0. The number of carbonyl (C=O) groups excluding carboxylic acids is 1. The molecule has 0 aliphatic rings. The molecule has 0 saturated heterocycles. The number of thiazole rings is 1. The number of sulfonamides is 1. The lowest BCUT2D eigenvalue weighted by Gasteiger charge is -2.23. The van der Waals surface area contributed by atoms with Crippen molar-refractivity contribution >= 4 is 42.6 Å². The average molecular weight is 489 g/mol. The predicted molar refractivity (Wildman–Crippen MR) is 136 cm³/mol. The third-order valence-electron chi connectivity index (χ3n) is 5.57. The van der Waals surface area contributed by atoms with Crippen LogP contribution in [0.4, 0.5) is 5.13 Å². The number of likely N-dealkylation sites (N-methyl/N-ethyl adjacent to an activating group) is 1. The molecule has 0 saturated carbocycles. The highest BCUT2D eigenvalue weighted by atomic mass is 32.2. The molecule has 0 radical (unpaired) electrons. The lowest BCUT2D eigenvalue weighted by Crippen LogP contribution is -2.37. The molecule has 1 amide bonds. The first-order chi connectivity index (χ1) is 15.4. The van der Waals surface area contributed by atoms with E-state index in [1.54, 1.807) is 24.1 Å². The summed E-state index contributed by atoms with van der Waals surface area (Å²) in [6.45, 7) is 8.86. The van der Waals surface area contributed by atoms with E-state index in [1.165, 1.54) is 27.8 Å². The van der Waals surface area contributed by atoms with Crippen LogP contribution < -0.4 is 4.90 Å². The van der Waals surface area contributed by atoms with E-state index in [0.29, 0.717) is 23.8 Å². The number of benzene rings is 2. The van der Waals surface area contributed by atoms with E-state index >= 15 is 0 Å². The third kappa shape index (κ3) is 5.43. The molecule has 0 atom stereocenters. The summed E-state index contributed by atoms with van der Waals surface area (Å²) < 4.78 is 27.9. The van der Waals surface area contributed by atoms with Crippen LogP contribution in [0.15, 0.2) is 41.3 Å². The van der Waals surface area contributed by atoms with E-state index in [4.69, 9.17) is 4.98 Å². The Bertz CT molecular complexity index is 1250. The largest absolute Gasteiger partial charge is 0.308 e. The summed E-state index contributed by atoms with van der Waals surface area (Å²) in [7, 11) is 1.86. The van der Waals surface area contributed by atoms with Gasteiger partial charge in [-0.1, -0.05) is 17.4 Å². The molecule has 3 aromatic rings. The number of fused-ring (bicyclic) bond motifs is 1. The van der Waals surface area contributed by atoms with Gasteiger partial charge in [0.05, 0.1) is 15.1 Å². The molecule has 9 heteroatoms. The van der Waals surface area contributed by atoms with Crippen molar-refractivity contribution in [1.29, 1.82) is 0 Å². The van der Waals surface area contributed by atoms with Crippen molar-refractivity contribution in [2.75, 3.05) is 39.1 Å². The second-order valence-electron chi connectivity index (χ2n) is 8.82.